The van der Waals surface area contributed by atoms with E-state index in [4.69, 9.17) is 0 Å². The molecule has 1 saturated carbocycles. The minimum atomic E-state index is -0.138. The van der Waals surface area contributed by atoms with Gasteiger partial charge in [-0.05, 0) is 37.3 Å². The lowest BCUT2D eigenvalue weighted by Gasteiger charge is -2.28. The predicted molar refractivity (Wildman–Crippen MR) is 84.2 cm³/mol. The molecule has 1 aromatic heterocycles. The summed E-state index contributed by atoms with van der Waals surface area (Å²) in [4.78, 5) is 14.4. The highest BCUT2D eigenvalue weighted by atomic mass is 16.6. The second-order valence-corrected chi connectivity index (χ2v) is 6.23. The van der Waals surface area contributed by atoms with Crippen LogP contribution in [0.3, 0.4) is 0 Å². The lowest BCUT2D eigenvalue weighted by atomic mass is 9.76. The number of aryl methyl sites for hydroxylation is 1. The van der Waals surface area contributed by atoms with Crippen molar-refractivity contribution in [3.8, 4) is 0 Å². The Hall–Kier alpha value is -1.84. The first-order valence-electron chi connectivity index (χ1n) is 7.86. The number of para-hydroxylation sites is 1. The molecule has 0 aliphatic heterocycles. The van der Waals surface area contributed by atoms with Crippen LogP contribution in [0.5, 0.6) is 0 Å². The Morgan fingerprint density at radius 2 is 2.00 bits per heavy atom. The molecule has 4 heteroatoms. The van der Waals surface area contributed by atoms with Crippen LogP contribution in [-0.2, 0) is 0 Å². The fourth-order valence-corrected chi connectivity index (χ4v) is 3.95. The van der Waals surface area contributed by atoms with Crippen molar-refractivity contribution in [2.24, 2.45) is 5.92 Å². The van der Waals surface area contributed by atoms with Gasteiger partial charge >= 0.3 is 0 Å². The van der Waals surface area contributed by atoms with Crippen molar-refractivity contribution >= 4 is 10.9 Å². The third-order valence-corrected chi connectivity index (χ3v) is 4.88. The van der Waals surface area contributed by atoms with Gasteiger partial charge in [-0.2, -0.15) is 0 Å². The highest BCUT2D eigenvalue weighted by Crippen LogP contribution is 2.40. The fourth-order valence-electron chi connectivity index (χ4n) is 3.95. The van der Waals surface area contributed by atoms with Crippen LogP contribution in [0.2, 0.25) is 0 Å². The van der Waals surface area contributed by atoms with Crippen LogP contribution in [-0.4, -0.2) is 16.5 Å². The van der Waals surface area contributed by atoms with Crippen LogP contribution in [0.15, 0.2) is 24.3 Å². The summed E-state index contributed by atoms with van der Waals surface area (Å²) in [6.45, 7) is 2.10. The number of rotatable bonds is 4. The minimum absolute atomic E-state index is 0.0384. The van der Waals surface area contributed by atoms with Crippen molar-refractivity contribution < 1.29 is 4.92 Å². The Morgan fingerprint density at radius 1 is 1.29 bits per heavy atom. The largest absolute Gasteiger partial charge is 0.358 e. The molecule has 2 aromatic rings. The molecule has 1 N–H and O–H groups in total. The van der Waals surface area contributed by atoms with Gasteiger partial charge in [-0.1, -0.05) is 37.5 Å². The normalized spacial score (nSPS) is 18.0. The van der Waals surface area contributed by atoms with Crippen molar-refractivity contribution in [2.75, 3.05) is 6.54 Å². The average Bonchev–Trinajstić information content (AvgIpc) is 2.81. The molecule has 0 amide bonds. The number of aromatic nitrogens is 1. The second-order valence-electron chi connectivity index (χ2n) is 6.23. The number of nitrogens with zero attached hydrogens (tertiary/aromatic N) is 1. The van der Waals surface area contributed by atoms with Crippen LogP contribution < -0.4 is 0 Å². The Kier molecular flexibility index (Phi) is 3.95. The van der Waals surface area contributed by atoms with Crippen LogP contribution in [0.25, 0.3) is 10.9 Å². The van der Waals surface area contributed by atoms with Gasteiger partial charge in [0.2, 0.25) is 6.54 Å². The van der Waals surface area contributed by atoms with E-state index in [0.29, 0.717) is 5.92 Å². The van der Waals surface area contributed by atoms with Gasteiger partial charge in [0.1, 0.15) is 0 Å². The van der Waals surface area contributed by atoms with Crippen LogP contribution in [0.4, 0.5) is 0 Å². The number of aromatic amines is 1. The molecule has 1 aromatic carbocycles. The molecule has 21 heavy (non-hydrogen) atoms. The average molecular weight is 286 g/mol. The molecule has 0 bridgehead atoms. The number of H-pyrrole nitrogens is 1. The van der Waals surface area contributed by atoms with E-state index in [2.05, 4.69) is 17.1 Å². The molecule has 0 spiro atoms. The van der Waals surface area contributed by atoms with Crippen LogP contribution >= 0.6 is 0 Å². The van der Waals surface area contributed by atoms with E-state index < -0.39 is 0 Å². The SMILES string of the molecule is Cc1[nH]c2ccccc2c1C(C[N+](=O)[O-])C1CCCCC1. The van der Waals surface area contributed by atoms with Gasteiger partial charge in [0.25, 0.3) is 0 Å². The Morgan fingerprint density at radius 3 is 2.71 bits per heavy atom. The summed E-state index contributed by atoms with van der Waals surface area (Å²) >= 11 is 0. The monoisotopic (exact) mass is 286 g/mol. The molecule has 1 fully saturated rings. The summed E-state index contributed by atoms with van der Waals surface area (Å²) in [5.41, 5.74) is 3.36. The molecule has 3 rings (SSSR count). The highest BCUT2D eigenvalue weighted by Gasteiger charge is 2.32. The zero-order chi connectivity index (χ0) is 14.8. The zero-order valence-electron chi connectivity index (χ0n) is 12.5. The Labute approximate surface area is 124 Å². The summed E-state index contributed by atoms with van der Waals surface area (Å²) in [6, 6.07) is 8.16. The molecule has 1 aliphatic rings. The molecule has 1 unspecified atom stereocenters. The van der Waals surface area contributed by atoms with E-state index >= 15 is 0 Å². The topological polar surface area (TPSA) is 58.9 Å². The summed E-state index contributed by atoms with van der Waals surface area (Å²) < 4.78 is 0. The lowest BCUT2D eigenvalue weighted by molar-refractivity contribution is -0.485. The van der Waals surface area contributed by atoms with E-state index in [0.717, 1.165) is 29.4 Å². The first-order valence-corrected chi connectivity index (χ1v) is 7.86. The molecule has 1 aliphatic carbocycles. The standard InChI is InChI=1S/C17H22N2O2/c1-12-17(14-9-5-6-10-16(14)18-12)15(11-19(20)21)13-7-3-2-4-8-13/h5-6,9-10,13,15,18H,2-4,7-8,11H2,1H3. The first kappa shape index (κ1) is 14.1. The summed E-state index contributed by atoms with van der Waals surface area (Å²) in [6.07, 6.45) is 5.93. The molecule has 4 nitrogen and oxygen atoms in total. The number of hydrogen-bond donors (Lipinski definition) is 1. The maximum absolute atomic E-state index is 11.2. The van der Waals surface area contributed by atoms with Gasteiger partial charge in [0.15, 0.2) is 0 Å². The maximum atomic E-state index is 11.2. The molecular formula is C17H22N2O2. The van der Waals surface area contributed by atoms with Crippen molar-refractivity contribution in [3.05, 3.63) is 45.6 Å². The third kappa shape index (κ3) is 2.80. The third-order valence-electron chi connectivity index (χ3n) is 4.88. The second kappa shape index (κ2) is 5.88. The van der Waals surface area contributed by atoms with Gasteiger partial charge in [-0.15, -0.1) is 0 Å². The number of hydrogen-bond acceptors (Lipinski definition) is 2. The zero-order valence-corrected chi connectivity index (χ0v) is 12.5. The smallest absolute Gasteiger partial charge is 0.211 e. The number of fused-ring (bicyclic) bond motifs is 1. The van der Waals surface area contributed by atoms with E-state index in [1.54, 1.807) is 0 Å². The number of benzene rings is 1. The first-order chi connectivity index (χ1) is 10.2. The van der Waals surface area contributed by atoms with Crippen molar-refractivity contribution in [3.63, 3.8) is 0 Å². The van der Waals surface area contributed by atoms with E-state index in [1.807, 2.05) is 19.1 Å². The minimum Gasteiger partial charge on any atom is -0.358 e. The Balaban J connectivity index is 2.04. The molecule has 1 atom stereocenters. The van der Waals surface area contributed by atoms with Crippen molar-refractivity contribution in [1.82, 2.24) is 4.98 Å². The molecular weight excluding hydrogens is 264 g/mol. The van der Waals surface area contributed by atoms with E-state index in [1.165, 1.54) is 24.8 Å². The number of nitro groups is 1. The molecule has 0 radical (unpaired) electrons. The predicted octanol–water partition coefficient (Wildman–Crippen LogP) is 4.42. The van der Waals surface area contributed by atoms with Gasteiger partial charge in [-0.3, -0.25) is 10.1 Å². The van der Waals surface area contributed by atoms with Gasteiger partial charge in [-0.25, -0.2) is 0 Å². The van der Waals surface area contributed by atoms with Crippen LogP contribution in [0, 0.1) is 23.0 Å². The van der Waals surface area contributed by atoms with Gasteiger partial charge in [0.05, 0.1) is 5.92 Å². The van der Waals surface area contributed by atoms with E-state index in [9.17, 15) is 10.1 Å². The van der Waals surface area contributed by atoms with Crippen molar-refractivity contribution in [2.45, 2.75) is 44.9 Å². The van der Waals surface area contributed by atoms with Crippen LogP contribution in [0.1, 0.15) is 49.3 Å². The molecule has 0 saturated heterocycles. The van der Waals surface area contributed by atoms with Gasteiger partial charge < -0.3 is 4.98 Å². The van der Waals surface area contributed by atoms with E-state index in [-0.39, 0.29) is 17.4 Å². The molecule has 112 valence electrons. The Bertz CT molecular complexity index is 641. The van der Waals surface area contributed by atoms with Gasteiger partial charge in [0, 0.05) is 21.5 Å². The molecule has 1 heterocycles. The lowest BCUT2D eigenvalue weighted by Crippen LogP contribution is -2.23. The summed E-state index contributed by atoms with van der Waals surface area (Å²) in [5.74, 6) is 0.485. The summed E-state index contributed by atoms with van der Waals surface area (Å²) in [5, 5.41) is 12.3. The fraction of sp³-hybridized carbons (Fsp3) is 0.529. The quantitative estimate of drug-likeness (QED) is 0.668. The summed E-state index contributed by atoms with van der Waals surface area (Å²) in [7, 11) is 0. The van der Waals surface area contributed by atoms with Crippen molar-refractivity contribution in [1.29, 1.82) is 0 Å². The number of nitrogens with one attached hydrogen (secondary N) is 1. The maximum Gasteiger partial charge on any atom is 0.211 e. The highest BCUT2D eigenvalue weighted by molar-refractivity contribution is 5.85.